The van der Waals surface area contributed by atoms with Gasteiger partial charge in [0.2, 0.25) is 0 Å². The summed E-state index contributed by atoms with van der Waals surface area (Å²) < 4.78 is 32.8. The fraction of sp³-hybridized carbons (Fsp3) is 0.304. The van der Waals surface area contributed by atoms with E-state index in [2.05, 4.69) is 0 Å². The molecule has 2 rings (SSSR count). The molecule has 170 valence electrons. The van der Waals surface area contributed by atoms with Crippen molar-refractivity contribution in [3.63, 3.8) is 0 Å². The van der Waals surface area contributed by atoms with E-state index in [9.17, 15) is 27.6 Å². The van der Waals surface area contributed by atoms with Gasteiger partial charge in [0.25, 0.3) is 0 Å². The first-order valence-corrected chi connectivity index (χ1v) is 11.4. The Bertz CT molecular complexity index is 1110. The van der Waals surface area contributed by atoms with Crippen molar-refractivity contribution < 1.29 is 37.1 Å². The minimum absolute atomic E-state index is 0.01000. The predicted octanol–water partition coefficient (Wildman–Crippen LogP) is 2.58. The van der Waals surface area contributed by atoms with Crippen LogP contribution >= 0.6 is 0 Å². The van der Waals surface area contributed by atoms with E-state index >= 15 is 0 Å². The predicted molar refractivity (Wildman–Crippen MR) is 115 cm³/mol. The highest BCUT2D eigenvalue weighted by Crippen LogP contribution is 2.34. The van der Waals surface area contributed by atoms with Crippen molar-refractivity contribution in [2.75, 3.05) is 20.5 Å². The number of Topliss-reactive ketones (excluding diaryl/α,β-unsaturated/α-hetero) is 2. The number of carbonyl (C=O) groups excluding carboxylic acids is 4. The normalized spacial score (nSPS) is 11.5. The van der Waals surface area contributed by atoms with Gasteiger partial charge in [-0.25, -0.2) is 8.42 Å². The largest absolute Gasteiger partial charge is 0.468 e. The first-order chi connectivity index (χ1) is 14.9. The molecule has 8 nitrogen and oxygen atoms in total. The molecule has 0 unspecified atom stereocenters. The van der Waals surface area contributed by atoms with E-state index in [4.69, 9.17) is 9.47 Å². The lowest BCUT2D eigenvalue weighted by atomic mass is 9.76. The Morgan fingerprint density at radius 3 is 1.47 bits per heavy atom. The molecule has 0 bridgehead atoms. The van der Waals surface area contributed by atoms with Crippen LogP contribution in [0.4, 0.5) is 0 Å². The highest BCUT2D eigenvalue weighted by atomic mass is 32.2. The summed E-state index contributed by atoms with van der Waals surface area (Å²) >= 11 is 0. The zero-order chi connectivity index (χ0) is 24.1. The van der Waals surface area contributed by atoms with Crippen LogP contribution < -0.4 is 0 Å². The molecule has 2 aromatic carbocycles. The van der Waals surface area contributed by atoms with Gasteiger partial charge in [-0.15, -0.1) is 0 Å². The maximum absolute atomic E-state index is 12.9. The van der Waals surface area contributed by atoms with Gasteiger partial charge in [-0.2, -0.15) is 0 Å². The molecule has 0 aliphatic rings. The summed E-state index contributed by atoms with van der Waals surface area (Å²) in [7, 11) is -1.38. The van der Waals surface area contributed by atoms with Crippen LogP contribution in [0.15, 0.2) is 53.4 Å². The second kappa shape index (κ2) is 9.86. The molecule has 32 heavy (non-hydrogen) atoms. The second-order valence-electron chi connectivity index (χ2n) is 7.43. The van der Waals surface area contributed by atoms with E-state index in [1.807, 2.05) is 6.92 Å². The average molecular weight is 461 g/mol. The average Bonchev–Trinajstić information content (AvgIpc) is 2.77. The lowest BCUT2D eigenvalue weighted by Crippen LogP contribution is -2.44. The number of sulfone groups is 1. The second-order valence-corrected chi connectivity index (χ2v) is 9.44. The van der Waals surface area contributed by atoms with E-state index in [-0.39, 0.29) is 16.0 Å². The molecule has 0 radical (unpaired) electrons. The third-order valence-electron chi connectivity index (χ3n) is 5.05. The molecule has 9 heteroatoms. The van der Waals surface area contributed by atoms with E-state index in [0.29, 0.717) is 0 Å². The number of methoxy groups -OCH3 is 2. The molecule has 0 spiro atoms. The number of carbonyl (C=O) groups is 4. The van der Waals surface area contributed by atoms with Crippen LogP contribution in [0.25, 0.3) is 0 Å². The molecule has 0 saturated heterocycles. The number of ether oxygens (including phenoxy) is 2. The summed E-state index contributed by atoms with van der Waals surface area (Å²) in [5.41, 5.74) is -0.950. The van der Waals surface area contributed by atoms with Crippen molar-refractivity contribution >= 4 is 33.3 Å². The van der Waals surface area contributed by atoms with Gasteiger partial charge >= 0.3 is 11.9 Å². The lowest BCUT2D eigenvalue weighted by Gasteiger charge is -2.27. The van der Waals surface area contributed by atoms with Crippen LogP contribution in [0.3, 0.4) is 0 Å². The summed E-state index contributed by atoms with van der Waals surface area (Å²) in [6, 6.07) is 11.6. The van der Waals surface area contributed by atoms with Gasteiger partial charge in [0.1, 0.15) is 0 Å². The summed E-state index contributed by atoms with van der Waals surface area (Å²) in [5, 5.41) is 0. The number of benzene rings is 2. The number of hydrogen-bond donors (Lipinski definition) is 0. The van der Waals surface area contributed by atoms with Crippen LogP contribution in [0.2, 0.25) is 0 Å². The monoisotopic (exact) mass is 460 g/mol. The van der Waals surface area contributed by atoms with Crippen molar-refractivity contribution in [3.8, 4) is 0 Å². The molecular formula is C23H24O8S. The number of rotatable bonds is 9. The molecule has 0 saturated carbocycles. The zero-order valence-corrected chi connectivity index (χ0v) is 19.0. The maximum atomic E-state index is 12.9. The van der Waals surface area contributed by atoms with Crippen molar-refractivity contribution in [2.24, 2.45) is 5.41 Å². The smallest absolute Gasteiger partial charge is 0.324 e. The Labute approximate surface area is 186 Å². The van der Waals surface area contributed by atoms with Gasteiger partial charge in [-0.05, 0) is 19.1 Å². The SMILES string of the molecule is COC(=O)C(CC(=O)c1ccc(C)cc1)(CC(=O)c1ccc(S(C)(=O)=O)cc1)C(=O)OC. The van der Waals surface area contributed by atoms with E-state index in [1.54, 1.807) is 24.3 Å². The molecular weight excluding hydrogens is 436 g/mol. The van der Waals surface area contributed by atoms with Gasteiger partial charge < -0.3 is 9.47 Å². The number of esters is 2. The third kappa shape index (κ3) is 5.47. The van der Waals surface area contributed by atoms with Crippen LogP contribution in [0.5, 0.6) is 0 Å². The number of aryl methyl sites for hydroxylation is 1. The summed E-state index contributed by atoms with van der Waals surface area (Å²) in [6.45, 7) is 1.84. The quantitative estimate of drug-likeness (QED) is 0.318. The van der Waals surface area contributed by atoms with Crippen LogP contribution in [-0.2, 0) is 28.9 Å². The van der Waals surface area contributed by atoms with Gasteiger partial charge in [0, 0.05) is 30.2 Å². The fourth-order valence-corrected chi connectivity index (χ4v) is 3.84. The Morgan fingerprint density at radius 2 is 1.12 bits per heavy atom. The first-order valence-electron chi connectivity index (χ1n) is 9.54. The molecule has 0 atom stereocenters. The molecule has 2 aromatic rings. The molecule has 0 aromatic heterocycles. The number of ketones is 2. The third-order valence-corrected chi connectivity index (χ3v) is 6.18. The molecule has 0 aliphatic carbocycles. The van der Waals surface area contributed by atoms with Gasteiger partial charge in [0.15, 0.2) is 26.8 Å². The Balaban J connectivity index is 2.44. The van der Waals surface area contributed by atoms with Crippen LogP contribution in [0.1, 0.15) is 39.1 Å². The molecule has 0 amide bonds. The van der Waals surface area contributed by atoms with Crippen molar-refractivity contribution in [1.29, 1.82) is 0 Å². The standard InChI is InChI=1S/C23H24O8S/c1-15-5-7-16(8-6-15)19(24)13-23(21(26)30-2,22(27)31-3)14-20(25)17-9-11-18(12-10-17)32(4,28)29/h5-12H,13-14H2,1-4H3. The van der Waals surface area contributed by atoms with Crippen LogP contribution in [-0.4, -0.2) is 52.4 Å². The molecule has 0 N–H and O–H groups in total. The van der Waals surface area contributed by atoms with E-state index in [1.165, 1.54) is 24.3 Å². The molecule has 0 aliphatic heterocycles. The lowest BCUT2D eigenvalue weighted by molar-refractivity contribution is -0.168. The minimum Gasteiger partial charge on any atom is -0.468 e. The Kier molecular flexibility index (Phi) is 7.69. The van der Waals surface area contributed by atoms with Crippen molar-refractivity contribution in [2.45, 2.75) is 24.7 Å². The van der Waals surface area contributed by atoms with Crippen LogP contribution in [0, 0.1) is 12.3 Å². The van der Waals surface area contributed by atoms with E-state index in [0.717, 1.165) is 26.0 Å². The molecule has 0 fully saturated rings. The van der Waals surface area contributed by atoms with Crippen molar-refractivity contribution in [1.82, 2.24) is 0 Å². The summed E-state index contributed by atoms with van der Waals surface area (Å²) in [6.07, 6.45) is -0.301. The topological polar surface area (TPSA) is 121 Å². The number of hydrogen-bond acceptors (Lipinski definition) is 8. The maximum Gasteiger partial charge on any atom is 0.324 e. The van der Waals surface area contributed by atoms with Gasteiger partial charge in [-0.3, -0.25) is 19.2 Å². The summed E-state index contributed by atoms with van der Waals surface area (Å²) in [5.74, 6) is -3.35. The van der Waals surface area contributed by atoms with Gasteiger partial charge in [-0.1, -0.05) is 42.0 Å². The van der Waals surface area contributed by atoms with Crippen molar-refractivity contribution in [3.05, 3.63) is 65.2 Å². The summed E-state index contributed by atoms with van der Waals surface area (Å²) in [4.78, 5) is 51.3. The highest BCUT2D eigenvalue weighted by Gasteiger charge is 2.51. The highest BCUT2D eigenvalue weighted by molar-refractivity contribution is 7.90. The molecule has 0 heterocycles. The fourth-order valence-electron chi connectivity index (χ4n) is 3.21. The zero-order valence-electron chi connectivity index (χ0n) is 18.2. The first kappa shape index (κ1) is 24.9. The Morgan fingerprint density at radius 1 is 0.750 bits per heavy atom. The minimum atomic E-state index is -3.47. The van der Waals surface area contributed by atoms with Gasteiger partial charge in [0.05, 0.1) is 19.1 Å². The van der Waals surface area contributed by atoms with E-state index < -0.39 is 51.6 Å². The Hall–Kier alpha value is -3.33.